The minimum Gasteiger partial charge on any atom is -0.378 e. The van der Waals surface area contributed by atoms with Gasteiger partial charge in [-0.2, -0.15) is 0 Å². The van der Waals surface area contributed by atoms with E-state index in [4.69, 9.17) is 10.5 Å². The summed E-state index contributed by atoms with van der Waals surface area (Å²) in [6, 6.07) is 9.64. The third kappa shape index (κ3) is 3.48. The lowest BCUT2D eigenvalue weighted by molar-refractivity contribution is 0.0303. The molecule has 9 heteroatoms. The van der Waals surface area contributed by atoms with Gasteiger partial charge in [-0.1, -0.05) is 6.07 Å². The number of fused-ring (bicyclic) bond motifs is 2. The number of ether oxygens (including phenoxy) is 1. The highest BCUT2D eigenvalue weighted by atomic mass is 32.1. The fraction of sp³-hybridized carbons (Fsp3) is 0.333. The number of primary amides is 1. The lowest BCUT2D eigenvalue weighted by Crippen LogP contribution is -2.40. The molecule has 4 heterocycles. The Morgan fingerprint density at radius 1 is 1.06 bits per heavy atom. The van der Waals surface area contributed by atoms with Crippen molar-refractivity contribution in [1.82, 2.24) is 14.9 Å². The normalized spacial score (nSPS) is 18.4. The Morgan fingerprint density at radius 2 is 1.82 bits per heavy atom. The third-order valence-corrected chi connectivity index (χ3v) is 7.88. The number of benzene rings is 1. The summed E-state index contributed by atoms with van der Waals surface area (Å²) in [6.45, 7) is 3.22. The summed E-state index contributed by atoms with van der Waals surface area (Å²) in [6.07, 6.45) is 5.82. The van der Waals surface area contributed by atoms with Crippen molar-refractivity contribution in [2.45, 2.75) is 18.3 Å². The summed E-state index contributed by atoms with van der Waals surface area (Å²) in [5.41, 5.74) is 9.34. The molecule has 168 valence electrons. The fourth-order valence-corrected chi connectivity index (χ4v) is 5.56. The number of morpholine rings is 1. The first-order chi connectivity index (χ1) is 16.0. The molecule has 1 aromatic carbocycles. The van der Waals surface area contributed by atoms with Crippen molar-refractivity contribution in [2.24, 2.45) is 5.73 Å². The van der Waals surface area contributed by atoms with Crippen molar-refractivity contribution >= 4 is 34.8 Å². The maximum absolute atomic E-state index is 13.1. The number of aromatic nitrogens is 2. The molecule has 33 heavy (non-hydrogen) atoms. The smallest absolute Gasteiger partial charge is 0.258 e. The monoisotopic (exact) mass is 461 g/mol. The summed E-state index contributed by atoms with van der Waals surface area (Å²) in [4.78, 5) is 39.1. The van der Waals surface area contributed by atoms with Gasteiger partial charge in [0.1, 0.15) is 0 Å². The molecule has 3 aliphatic rings. The zero-order chi connectivity index (χ0) is 22.6. The quantitative estimate of drug-likeness (QED) is 0.641. The van der Waals surface area contributed by atoms with Crippen molar-refractivity contribution < 1.29 is 14.3 Å². The topological polar surface area (TPSA) is 102 Å². The first-order valence-electron chi connectivity index (χ1n) is 11.1. The Hall–Kier alpha value is -3.30. The van der Waals surface area contributed by atoms with Crippen LogP contribution in [0.2, 0.25) is 0 Å². The predicted octanol–water partition coefficient (Wildman–Crippen LogP) is 2.96. The molecule has 3 aromatic rings. The maximum atomic E-state index is 13.1. The van der Waals surface area contributed by atoms with E-state index < -0.39 is 5.91 Å². The lowest BCUT2D eigenvalue weighted by atomic mass is 9.97. The molecular formula is C24H23N5O3S. The average Bonchev–Trinajstić information content (AvgIpc) is 3.32. The number of carbonyl (C=O) groups is 2. The number of nitrogens with two attached hydrogens (primary N) is 1. The second kappa shape index (κ2) is 7.64. The highest BCUT2D eigenvalue weighted by Crippen LogP contribution is 2.57. The van der Waals surface area contributed by atoms with E-state index in [1.54, 1.807) is 18.5 Å². The standard InChI is InChI=1S/C24H23N5O3S/c25-21(30)20-4-3-19(33-20)16-12-26-23(27-13-16)29-14-24(5-6-24)17-2-1-15(11-18(17)29)22(31)28-7-9-32-10-8-28/h1-4,11-13H,5-10,14H2,(H2,25,30). The molecule has 6 rings (SSSR count). The molecule has 0 radical (unpaired) electrons. The molecule has 1 spiro atoms. The average molecular weight is 462 g/mol. The summed E-state index contributed by atoms with van der Waals surface area (Å²) < 4.78 is 5.38. The first kappa shape index (κ1) is 20.3. The van der Waals surface area contributed by atoms with Crippen LogP contribution >= 0.6 is 11.3 Å². The van der Waals surface area contributed by atoms with Gasteiger partial charge in [-0.25, -0.2) is 9.97 Å². The molecule has 1 saturated heterocycles. The van der Waals surface area contributed by atoms with Crippen LogP contribution in [0.25, 0.3) is 10.4 Å². The second-order valence-electron chi connectivity index (χ2n) is 8.80. The highest BCUT2D eigenvalue weighted by molar-refractivity contribution is 7.17. The van der Waals surface area contributed by atoms with Gasteiger partial charge in [-0.3, -0.25) is 9.59 Å². The van der Waals surface area contributed by atoms with Crippen molar-refractivity contribution in [1.29, 1.82) is 0 Å². The van der Waals surface area contributed by atoms with Gasteiger partial charge in [0.05, 0.1) is 18.1 Å². The molecule has 0 atom stereocenters. The summed E-state index contributed by atoms with van der Waals surface area (Å²) in [7, 11) is 0. The third-order valence-electron chi connectivity index (χ3n) is 6.73. The summed E-state index contributed by atoms with van der Waals surface area (Å²) in [5, 5.41) is 0. The minimum atomic E-state index is -0.436. The number of hydrogen-bond donors (Lipinski definition) is 1. The van der Waals surface area contributed by atoms with E-state index in [0.717, 1.165) is 35.5 Å². The number of amides is 2. The van der Waals surface area contributed by atoms with Crippen molar-refractivity contribution in [2.75, 3.05) is 37.7 Å². The van der Waals surface area contributed by atoms with E-state index >= 15 is 0 Å². The number of rotatable bonds is 4. The van der Waals surface area contributed by atoms with Crippen LogP contribution in [0.15, 0.2) is 42.7 Å². The largest absolute Gasteiger partial charge is 0.378 e. The van der Waals surface area contributed by atoms with Crippen LogP contribution < -0.4 is 10.6 Å². The van der Waals surface area contributed by atoms with Crippen molar-refractivity contribution in [3.63, 3.8) is 0 Å². The molecule has 2 N–H and O–H groups in total. The fourth-order valence-electron chi connectivity index (χ4n) is 4.73. The van der Waals surface area contributed by atoms with Gasteiger partial charge in [-0.15, -0.1) is 11.3 Å². The van der Waals surface area contributed by atoms with Gasteiger partial charge in [0.25, 0.3) is 11.8 Å². The van der Waals surface area contributed by atoms with Gasteiger partial charge in [0.15, 0.2) is 0 Å². The van der Waals surface area contributed by atoms with E-state index in [1.165, 1.54) is 16.9 Å². The van der Waals surface area contributed by atoms with E-state index in [0.29, 0.717) is 42.7 Å². The van der Waals surface area contributed by atoms with Crippen LogP contribution in [0, 0.1) is 0 Å². The SMILES string of the molecule is NC(=O)c1ccc(-c2cnc(N3CC4(CC4)c4ccc(C(=O)N5CCOCC5)cc43)nc2)s1. The second-order valence-corrected chi connectivity index (χ2v) is 9.89. The Morgan fingerprint density at radius 3 is 2.48 bits per heavy atom. The Labute approximate surface area is 195 Å². The van der Waals surface area contributed by atoms with Crippen LogP contribution in [0.3, 0.4) is 0 Å². The van der Waals surface area contributed by atoms with E-state index in [9.17, 15) is 9.59 Å². The molecule has 8 nitrogen and oxygen atoms in total. The number of nitrogens with zero attached hydrogens (tertiary/aromatic N) is 4. The molecule has 1 aliphatic carbocycles. The number of thiophene rings is 1. The number of carbonyl (C=O) groups excluding carboxylic acids is 2. The molecule has 2 aliphatic heterocycles. The van der Waals surface area contributed by atoms with Crippen molar-refractivity contribution in [3.05, 3.63) is 58.7 Å². The van der Waals surface area contributed by atoms with Crippen LogP contribution in [0.5, 0.6) is 0 Å². The zero-order valence-corrected chi connectivity index (χ0v) is 18.8. The zero-order valence-electron chi connectivity index (χ0n) is 18.0. The Kier molecular flexibility index (Phi) is 4.70. The Balaban J connectivity index is 1.30. The molecule has 2 amide bonds. The minimum absolute atomic E-state index is 0.0389. The number of hydrogen-bond acceptors (Lipinski definition) is 7. The Bertz CT molecular complexity index is 1250. The number of anilines is 2. The van der Waals surface area contributed by atoms with E-state index in [-0.39, 0.29) is 11.3 Å². The van der Waals surface area contributed by atoms with Crippen molar-refractivity contribution in [3.8, 4) is 10.4 Å². The molecule has 2 aromatic heterocycles. The van der Waals surface area contributed by atoms with Crippen LogP contribution in [-0.4, -0.2) is 59.5 Å². The van der Waals surface area contributed by atoms with E-state index in [1.807, 2.05) is 23.1 Å². The van der Waals surface area contributed by atoms with Gasteiger partial charge in [-0.05, 0) is 42.7 Å². The van der Waals surface area contributed by atoms with Gasteiger partial charge >= 0.3 is 0 Å². The first-order valence-corrected chi connectivity index (χ1v) is 11.9. The summed E-state index contributed by atoms with van der Waals surface area (Å²) in [5.74, 6) is 0.220. The molecule has 0 unspecified atom stereocenters. The maximum Gasteiger partial charge on any atom is 0.258 e. The lowest BCUT2D eigenvalue weighted by Gasteiger charge is -2.27. The van der Waals surface area contributed by atoms with Gasteiger partial charge in [0.2, 0.25) is 5.95 Å². The molecule has 0 bridgehead atoms. The highest BCUT2D eigenvalue weighted by Gasteiger charge is 2.52. The van der Waals surface area contributed by atoms with Crippen LogP contribution in [-0.2, 0) is 10.2 Å². The predicted molar refractivity (Wildman–Crippen MR) is 125 cm³/mol. The molecular weight excluding hydrogens is 438 g/mol. The van der Waals surface area contributed by atoms with Crippen LogP contribution in [0.1, 0.15) is 38.4 Å². The van der Waals surface area contributed by atoms with E-state index in [2.05, 4.69) is 20.9 Å². The summed E-state index contributed by atoms with van der Waals surface area (Å²) >= 11 is 1.33. The molecule has 1 saturated carbocycles. The van der Waals surface area contributed by atoms with Gasteiger partial charge in [0, 0.05) is 59.1 Å². The molecule has 2 fully saturated rings. The van der Waals surface area contributed by atoms with Crippen LogP contribution in [0.4, 0.5) is 11.6 Å². The van der Waals surface area contributed by atoms with Gasteiger partial charge < -0.3 is 20.3 Å².